The molecule has 4 aromatic rings. The van der Waals surface area contributed by atoms with Gasteiger partial charge in [-0.1, -0.05) is 72.8 Å². The summed E-state index contributed by atoms with van der Waals surface area (Å²) >= 11 is 0. The fourth-order valence-corrected chi connectivity index (χ4v) is 3.65. The van der Waals surface area contributed by atoms with Gasteiger partial charge in [-0.25, -0.2) is 9.48 Å². The Balaban J connectivity index is 1.96. The van der Waals surface area contributed by atoms with Crippen molar-refractivity contribution in [1.29, 1.82) is 0 Å². The lowest BCUT2D eigenvalue weighted by Crippen LogP contribution is -2.31. The molecule has 3 aromatic carbocycles. The first-order valence-corrected chi connectivity index (χ1v) is 10.7. The van der Waals surface area contributed by atoms with Crippen molar-refractivity contribution in [3.63, 3.8) is 0 Å². The van der Waals surface area contributed by atoms with Crippen LogP contribution in [0.3, 0.4) is 0 Å². The van der Waals surface area contributed by atoms with Crippen LogP contribution in [0.2, 0.25) is 0 Å². The first kappa shape index (κ1) is 22.6. The maximum absolute atomic E-state index is 13.5. The Hall–Kier alpha value is -4.59. The molecule has 0 aliphatic heterocycles. The number of nitro groups is 1. The van der Waals surface area contributed by atoms with E-state index in [9.17, 15) is 19.7 Å². The van der Waals surface area contributed by atoms with Gasteiger partial charge < -0.3 is 4.74 Å². The number of nitrogens with zero attached hydrogens (tertiary/aromatic N) is 3. The maximum atomic E-state index is 13.5. The van der Waals surface area contributed by atoms with E-state index >= 15 is 0 Å². The van der Waals surface area contributed by atoms with Gasteiger partial charge in [-0.2, -0.15) is 5.10 Å². The van der Waals surface area contributed by atoms with Crippen molar-refractivity contribution in [3.05, 3.63) is 117 Å². The van der Waals surface area contributed by atoms with Gasteiger partial charge in [-0.05, 0) is 18.1 Å². The van der Waals surface area contributed by atoms with Gasteiger partial charge in [0.15, 0.2) is 0 Å². The van der Waals surface area contributed by atoms with Crippen LogP contribution < -0.4 is 5.56 Å². The van der Waals surface area contributed by atoms with Crippen molar-refractivity contribution >= 4 is 11.7 Å². The van der Waals surface area contributed by atoms with E-state index in [2.05, 4.69) is 5.10 Å². The number of nitro benzene ring substituents is 1. The molecule has 1 heterocycles. The molecule has 0 fully saturated rings. The maximum Gasteiger partial charge on any atom is 0.344 e. The average molecular weight is 455 g/mol. The van der Waals surface area contributed by atoms with E-state index in [4.69, 9.17) is 4.74 Å². The highest BCUT2D eigenvalue weighted by molar-refractivity contribution is 6.00. The Morgan fingerprint density at radius 3 is 2.09 bits per heavy atom. The molecule has 0 bridgehead atoms. The predicted molar refractivity (Wildman–Crippen MR) is 128 cm³/mol. The first-order valence-electron chi connectivity index (χ1n) is 10.7. The second-order valence-corrected chi connectivity index (χ2v) is 7.44. The van der Waals surface area contributed by atoms with Crippen LogP contribution in [0, 0.1) is 10.1 Å². The molecule has 0 aliphatic rings. The lowest BCUT2D eigenvalue weighted by atomic mass is 9.95. The summed E-state index contributed by atoms with van der Waals surface area (Å²) in [4.78, 5) is 37.0. The van der Waals surface area contributed by atoms with Crippen LogP contribution in [0.25, 0.3) is 22.4 Å². The van der Waals surface area contributed by atoms with Crippen LogP contribution >= 0.6 is 0 Å². The molecule has 170 valence electrons. The zero-order chi connectivity index (χ0) is 24.1. The third-order valence-corrected chi connectivity index (χ3v) is 5.22. The number of non-ortho nitro benzene ring substituents is 1. The molecule has 0 radical (unpaired) electrons. The molecule has 1 aromatic heterocycles. The summed E-state index contributed by atoms with van der Waals surface area (Å²) in [5.41, 5.74) is 2.11. The molecule has 0 saturated heterocycles. The minimum absolute atomic E-state index is 0.0259. The Morgan fingerprint density at radius 1 is 0.941 bits per heavy atom. The fraction of sp³-hybridized carbons (Fsp3) is 0.115. The normalized spacial score (nSPS) is 10.6. The summed E-state index contributed by atoms with van der Waals surface area (Å²) < 4.78 is 6.45. The zero-order valence-corrected chi connectivity index (χ0v) is 18.4. The monoisotopic (exact) mass is 455 g/mol. The summed E-state index contributed by atoms with van der Waals surface area (Å²) in [7, 11) is 0. The van der Waals surface area contributed by atoms with Crippen molar-refractivity contribution in [1.82, 2.24) is 9.78 Å². The van der Waals surface area contributed by atoms with Crippen molar-refractivity contribution in [2.24, 2.45) is 0 Å². The van der Waals surface area contributed by atoms with E-state index < -0.39 is 16.5 Å². The fourth-order valence-electron chi connectivity index (χ4n) is 3.65. The van der Waals surface area contributed by atoms with Gasteiger partial charge in [-0.3, -0.25) is 14.9 Å². The van der Waals surface area contributed by atoms with Crippen LogP contribution in [0.1, 0.15) is 22.8 Å². The van der Waals surface area contributed by atoms with E-state index in [1.54, 1.807) is 19.1 Å². The van der Waals surface area contributed by atoms with Crippen LogP contribution in [0.5, 0.6) is 0 Å². The number of hydrogen-bond donors (Lipinski definition) is 0. The van der Waals surface area contributed by atoms with E-state index in [1.807, 2.05) is 60.7 Å². The molecule has 0 saturated carbocycles. The van der Waals surface area contributed by atoms with Crippen LogP contribution in [0.4, 0.5) is 5.69 Å². The number of benzene rings is 3. The van der Waals surface area contributed by atoms with Crippen LogP contribution in [0.15, 0.2) is 89.7 Å². The second kappa shape index (κ2) is 9.91. The number of carbonyl (C=O) groups excluding carboxylic acids is 1. The molecular formula is C26H21N3O5. The smallest absolute Gasteiger partial charge is 0.344 e. The lowest BCUT2D eigenvalue weighted by molar-refractivity contribution is -0.384. The quantitative estimate of drug-likeness (QED) is 0.227. The molecular weight excluding hydrogens is 434 g/mol. The third kappa shape index (κ3) is 4.61. The summed E-state index contributed by atoms with van der Waals surface area (Å²) in [6.07, 6.45) is 0. The second-order valence-electron chi connectivity index (χ2n) is 7.44. The number of esters is 1. The molecule has 0 amide bonds. The van der Waals surface area contributed by atoms with E-state index in [0.29, 0.717) is 22.4 Å². The van der Waals surface area contributed by atoms with Crippen molar-refractivity contribution < 1.29 is 14.5 Å². The molecule has 0 spiro atoms. The van der Waals surface area contributed by atoms with Gasteiger partial charge in [0.05, 0.1) is 23.8 Å². The SMILES string of the molecule is CCOC(=O)c1c(-c2ccccc2)c(-c2ccccc2)nn(Cc2ccc([N+](=O)[O-])cc2)c1=O. The predicted octanol–water partition coefficient (Wildman–Crippen LogP) is 4.71. The zero-order valence-electron chi connectivity index (χ0n) is 18.4. The summed E-state index contributed by atoms with van der Waals surface area (Å²) in [5.74, 6) is -0.733. The Kier molecular flexibility index (Phi) is 6.59. The first-order chi connectivity index (χ1) is 16.5. The number of aromatic nitrogens is 2. The van der Waals surface area contributed by atoms with Gasteiger partial charge in [0, 0.05) is 23.3 Å². The standard InChI is InChI=1S/C26H21N3O5/c1-2-34-26(31)23-22(19-9-5-3-6-10-19)24(20-11-7-4-8-12-20)27-28(25(23)30)17-18-13-15-21(16-14-18)29(32)33/h3-16H,2,17H2,1H3. The van der Waals surface area contributed by atoms with Crippen LogP contribution in [-0.4, -0.2) is 27.3 Å². The largest absolute Gasteiger partial charge is 0.462 e. The van der Waals surface area contributed by atoms with Crippen molar-refractivity contribution in [3.8, 4) is 22.4 Å². The van der Waals surface area contributed by atoms with E-state index in [0.717, 1.165) is 5.56 Å². The van der Waals surface area contributed by atoms with Gasteiger partial charge in [0.25, 0.3) is 11.2 Å². The minimum Gasteiger partial charge on any atom is -0.462 e. The number of ether oxygens (including phenoxy) is 1. The molecule has 0 unspecified atom stereocenters. The van der Waals surface area contributed by atoms with Crippen LogP contribution in [-0.2, 0) is 11.3 Å². The van der Waals surface area contributed by atoms with E-state index in [1.165, 1.54) is 16.8 Å². The van der Waals surface area contributed by atoms with Gasteiger partial charge in [-0.15, -0.1) is 0 Å². The van der Waals surface area contributed by atoms with Crippen molar-refractivity contribution in [2.75, 3.05) is 6.61 Å². The number of carbonyl (C=O) groups is 1. The molecule has 4 rings (SSSR count). The highest BCUT2D eigenvalue weighted by Crippen LogP contribution is 2.32. The Morgan fingerprint density at radius 2 is 1.53 bits per heavy atom. The molecule has 0 N–H and O–H groups in total. The molecule has 8 nitrogen and oxygen atoms in total. The number of hydrogen-bond acceptors (Lipinski definition) is 6. The lowest BCUT2D eigenvalue weighted by Gasteiger charge is -2.17. The third-order valence-electron chi connectivity index (χ3n) is 5.22. The molecule has 0 aliphatic carbocycles. The molecule has 8 heteroatoms. The number of rotatable bonds is 7. The Labute approximate surface area is 195 Å². The topological polar surface area (TPSA) is 104 Å². The summed E-state index contributed by atoms with van der Waals surface area (Å²) in [6.45, 7) is 1.81. The van der Waals surface area contributed by atoms with E-state index in [-0.39, 0.29) is 24.4 Å². The van der Waals surface area contributed by atoms with Gasteiger partial charge >= 0.3 is 5.97 Å². The Bertz CT molecular complexity index is 1380. The summed E-state index contributed by atoms with van der Waals surface area (Å²) in [5, 5.41) is 15.6. The average Bonchev–Trinajstić information content (AvgIpc) is 2.86. The highest BCUT2D eigenvalue weighted by atomic mass is 16.6. The molecule has 0 atom stereocenters. The highest BCUT2D eigenvalue weighted by Gasteiger charge is 2.26. The molecule has 34 heavy (non-hydrogen) atoms. The van der Waals surface area contributed by atoms with Gasteiger partial charge in [0.1, 0.15) is 5.56 Å². The van der Waals surface area contributed by atoms with Gasteiger partial charge in [0.2, 0.25) is 0 Å². The summed E-state index contributed by atoms with van der Waals surface area (Å²) in [6, 6.07) is 24.2. The minimum atomic E-state index is -0.733. The van der Waals surface area contributed by atoms with Crippen molar-refractivity contribution in [2.45, 2.75) is 13.5 Å².